The summed E-state index contributed by atoms with van der Waals surface area (Å²) in [4.78, 5) is 27.7. The monoisotopic (exact) mass is 334 g/mol. The molecule has 3 rings (SSSR count). The normalized spacial score (nSPS) is 17.1. The molecule has 0 fully saturated rings. The van der Waals surface area contributed by atoms with Gasteiger partial charge in [0.05, 0.1) is 4.88 Å². The van der Waals surface area contributed by atoms with Crippen LogP contribution in [-0.4, -0.2) is 18.4 Å². The summed E-state index contributed by atoms with van der Waals surface area (Å²) in [5.41, 5.74) is 1.27. The highest BCUT2D eigenvalue weighted by molar-refractivity contribution is 7.14. The van der Waals surface area contributed by atoms with Gasteiger partial charge in [-0.2, -0.15) is 0 Å². The lowest BCUT2D eigenvalue weighted by Gasteiger charge is -2.16. The largest absolute Gasteiger partial charge is 0.453 e. The summed E-state index contributed by atoms with van der Waals surface area (Å²) in [6.07, 6.45) is 3.26. The van der Waals surface area contributed by atoms with Gasteiger partial charge >= 0.3 is 5.97 Å². The molecule has 0 saturated heterocycles. The van der Waals surface area contributed by atoms with E-state index in [0.29, 0.717) is 15.7 Å². The third-order valence-electron chi connectivity index (χ3n) is 3.88. The lowest BCUT2D eigenvalue weighted by atomic mass is 9.90. The highest BCUT2D eigenvalue weighted by Gasteiger charge is 2.22. The molecule has 116 valence electrons. The Hall–Kier alpha value is -1.46. The fraction of sp³-hybridized carbons (Fsp3) is 0.412. The van der Waals surface area contributed by atoms with Crippen LogP contribution in [0.4, 0.5) is 0 Å². The molecule has 3 nitrogen and oxygen atoms in total. The molecule has 0 saturated carbocycles. The van der Waals surface area contributed by atoms with E-state index in [1.165, 1.54) is 39.5 Å². The fourth-order valence-electron chi connectivity index (χ4n) is 2.66. The molecule has 0 spiro atoms. The number of ketones is 1. The molecule has 0 N–H and O–H groups in total. The molecule has 0 aliphatic heterocycles. The lowest BCUT2D eigenvalue weighted by Crippen LogP contribution is -2.12. The molecule has 2 heterocycles. The quantitative estimate of drug-likeness (QED) is 0.619. The second kappa shape index (κ2) is 6.34. The van der Waals surface area contributed by atoms with Crippen molar-refractivity contribution in [3.05, 3.63) is 43.3 Å². The van der Waals surface area contributed by atoms with Crippen molar-refractivity contribution in [1.82, 2.24) is 0 Å². The van der Waals surface area contributed by atoms with Crippen molar-refractivity contribution in [2.45, 2.75) is 33.1 Å². The van der Waals surface area contributed by atoms with E-state index in [4.69, 9.17) is 4.74 Å². The van der Waals surface area contributed by atoms with Crippen molar-refractivity contribution in [2.75, 3.05) is 6.61 Å². The Morgan fingerprint density at radius 1 is 1.27 bits per heavy atom. The Balaban J connectivity index is 1.62. The molecular formula is C17H18O3S2. The van der Waals surface area contributed by atoms with Crippen LogP contribution in [0, 0.1) is 12.8 Å². The second-order valence-corrected chi connectivity index (χ2v) is 8.24. The van der Waals surface area contributed by atoms with Gasteiger partial charge in [0.25, 0.3) is 0 Å². The summed E-state index contributed by atoms with van der Waals surface area (Å²) in [5.74, 6) is 0.157. The maximum atomic E-state index is 12.1. The van der Waals surface area contributed by atoms with Crippen LogP contribution in [0.5, 0.6) is 0 Å². The van der Waals surface area contributed by atoms with Crippen LogP contribution in [0.1, 0.15) is 48.0 Å². The summed E-state index contributed by atoms with van der Waals surface area (Å²) >= 11 is 2.94. The van der Waals surface area contributed by atoms with Crippen LogP contribution in [-0.2, 0) is 17.6 Å². The molecule has 1 aliphatic carbocycles. The molecule has 5 heteroatoms. The van der Waals surface area contributed by atoms with Crippen LogP contribution < -0.4 is 0 Å². The van der Waals surface area contributed by atoms with E-state index in [-0.39, 0.29) is 18.4 Å². The van der Waals surface area contributed by atoms with Gasteiger partial charge in [-0.05, 0) is 55.9 Å². The number of carbonyl (C=O) groups is 2. The minimum atomic E-state index is -0.381. The van der Waals surface area contributed by atoms with Crippen molar-refractivity contribution < 1.29 is 14.3 Å². The Kier molecular flexibility index (Phi) is 4.45. The van der Waals surface area contributed by atoms with E-state index in [0.717, 1.165) is 17.7 Å². The number of thiophene rings is 2. The van der Waals surface area contributed by atoms with E-state index < -0.39 is 0 Å². The first-order valence-electron chi connectivity index (χ1n) is 7.41. The van der Waals surface area contributed by atoms with Crippen LogP contribution in [0.25, 0.3) is 0 Å². The predicted octanol–water partition coefficient (Wildman–Crippen LogP) is 4.28. The van der Waals surface area contributed by atoms with E-state index >= 15 is 0 Å². The summed E-state index contributed by atoms with van der Waals surface area (Å²) < 4.78 is 5.19. The van der Waals surface area contributed by atoms with E-state index in [9.17, 15) is 9.59 Å². The number of carbonyl (C=O) groups excluding carboxylic acids is 2. The van der Waals surface area contributed by atoms with Gasteiger partial charge in [-0.3, -0.25) is 4.79 Å². The van der Waals surface area contributed by atoms with E-state index in [1.807, 2.05) is 19.1 Å². The molecule has 0 aromatic carbocycles. The maximum Gasteiger partial charge on any atom is 0.348 e. The topological polar surface area (TPSA) is 43.4 Å². The number of ether oxygens (including phenoxy) is 1. The highest BCUT2D eigenvalue weighted by Crippen LogP contribution is 2.32. The standard InChI is InChI=1S/C17H18O3S2/c1-10-3-5-14-12(7-10)8-16(22-14)17(19)20-9-13(18)15-6-4-11(2)21-15/h4,6,8,10H,3,5,7,9H2,1-2H3. The zero-order chi connectivity index (χ0) is 15.7. The zero-order valence-corrected chi connectivity index (χ0v) is 14.3. The number of fused-ring (bicyclic) bond motifs is 1. The van der Waals surface area contributed by atoms with Crippen LogP contribution in [0.3, 0.4) is 0 Å². The molecule has 1 atom stereocenters. The van der Waals surface area contributed by atoms with Gasteiger partial charge in [0.2, 0.25) is 5.78 Å². The first kappa shape index (κ1) is 15.4. The van der Waals surface area contributed by atoms with E-state index in [2.05, 4.69) is 6.92 Å². The number of hydrogen-bond acceptors (Lipinski definition) is 5. The third-order valence-corrected chi connectivity index (χ3v) is 6.14. The van der Waals surface area contributed by atoms with Crippen molar-refractivity contribution >= 4 is 34.4 Å². The van der Waals surface area contributed by atoms with Gasteiger partial charge in [0.1, 0.15) is 4.88 Å². The van der Waals surface area contributed by atoms with Gasteiger partial charge < -0.3 is 4.74 Å². The molecule has 1 aliphatic rings. The third kappa shape index (κ3) is 3.31. The second-order valence-electron chi connectivity index (χ2n) is 5.82. The summed E-state index contributed by atoms with van der Waals surface area (Å²) in [6.45, 7) is 4.00. The predicted molar refractivity (Wildman–Crippen MR) is 89.2 cm³/mol. The number of aryl methyl sites for hydroxylation is 2. The zero-order valence-electron chi connectivity index (χ0n) is 12.7. The molecule has 0 bridgehead atoms. The summed E-state index contributed by atoms with van der Waals surface area (Å²) in [7, 11) is 0. The van der Waals surface area contributed by atoms with Crippen LogP contribution >= 0.6 is 22.7 Å². The Bertz CT molecular complexity index is 711. The van der Waals surface area contributed by atoms with Gasteiger partial charge in [-0.25, -0.2) is 4.79 Å². The first-order valence-corrected chi connectivity index (χ1v) is 9.04. The minimum absolute atomic E-state index is 0.138. The minimum Gasteiger partial charge on any atom is -0.453 e. The van der Waals surface area contributed by atoms with Gasteiger partial charge in [0, 0.05) is 9.75 Å². The van der Waals surface area contributed by atoms with Crippen LogP contribution in [0.15, 0.2) is 18.2 Å². The van der Waals surface area contributed by atoms with Gasteiger partial charge in [-0.15, -0.1) is 22.7 Å². The van der Waals surface area contributed by atoms with Crippen LogP contribution in [0.2, 0.25) is 0 Å². The maximum absolute atomic E-state index is 12.1. The molecule has 0 amide bonds. The van der Waals surface area contributed by atoms with E-state index in [1.54, 1.807) is 6.07 Å². The average molecular weight is 334 g/mol. The molecule has 1 unspecified atom stereocenters. The molecule has 2 aromatic heterocycles. The number of esters is 1. The Morgan fingerprint density at radius 2 is 2.09 bits per heavy atom. The highest BCUT2D eigenvalue weighted by atomic mass is 32.1. The number of Topliss-reactive ketones (excluding diaryl/α,β-unsaturated/α-hetero) is 1. The van der Waals surface area contributed by atoms with Gasteiger partial charge in [0.15, 0.2) is 6.61 Å². The Morgan fingerprint density at radius 3 is 2.82 bits per heavy atom. The number of hydrogen-bond donors (Lipinski definition) is 0. The average Bonchev–Trinajstić information content (AvgIpc) is 3.10. The summed E-state index contributed by atoms with van der Waals surface area (Å²) in [5, 5.41) is 0. The first-order chi connectivity index (χ1) is 10.5. The van der Waals surface area contributed by atoms with Crippen molar-refractivity contribution in [1.29, 1.82) is 0 Å². The summed E-state index contributed by atoms with van der Waals surface area (Å²) in [6, 6.07) is 5.62. The lowest BCUT2D eigenvalue weighted by molar-refractivity contribution is 0.0480. The smallest absolute Gasteiger partial charge is 0.348 e. The molecular weight excluding hydrogens is 316 g/mol. The van der Waals surface area contributed by atoms with Gasteiger partial charge in [-0.1, -0.05) is 6.92 Å². The molecule has 22 heavy (non-hydrogen) atoms. The SMILES string of the molecule is Cc1ccc(C(=O)COC(=O)c2cc3c(s2)CCC(C)C3)s1. The molecule has 2 aromatic rings. The number of rotatable bonds is 4. The van der Waals surface area contributed by atoms with Crippen molar-refractivity contribution in [3.63, 3.8) is 0 Å². The Labute approximate surface area is 137 Å². The van der Waals surface area contributed by atoms with Crippen molar-refractivity contribution in [3.8, 4) is 0 Å². The molecule has 0 radical (unpaired) electrons. The van der Waals surface area contributed by atoms with Crippen molar-refractivity contribution in [2.24, 2.45) is 5.92 Å². The fourth-order valence-corrected chi connectivity index (χ4v) is 4.56.